The molecule has 1 aromatic carbocycles. The van der Waals surface area contributed by atoms with E-state index in [1.807, 2.05) is 0 Å². The van der Waals surface area contributed by atoms with Crippen molar-refractivity contribution in [1.29, 1.82) is 0 Å². The molecule has 7 nitrogen and oxygen atoms in total. The number of rotatable bonds is 6. The molecule has 1 aromatic rings. The Balaban J connectivity index is 1.83. The summed E-state index contributed by atoms with van der Waals surface area (Å²) in [6.45, 7) is 0.180. The van der Waals surface area contributed by atoms with E-state index in [1.165, 1.54) is 12.0 Å². The summed E-state index contributed by atoms with van der Waals surface area (Å²) in [7, 11) is 0.0642. The summed E-state index contributed by atoms with van der Waals surface area (Å²) < 4.78 is 28.1. The van der Waals surface area contributed by atoms with Crippen molar-refractivity contribution in [3.8, 4) is 5.75 Å². The number of nitrogens with zero attached hydrogens (tertiary/aromatic N) is 1. The summed E-state index contributed by atoms with van der Waals surface area (Å²) >= 11 is 0. The van der Waals surface area contributed by atoms with E-state index < -0.39 is 9.84 Å². The minimum Gasteiger partial charge on any atom is -0.496 e. The van der Waals surface area contributed by atoms with Crippen molar-refractivity contribution in [2.75, 3.05) is 32.2 Å². The third-order valence-corrected chi connectivity index (χ3v) is 5.88. The van der Waals surface area contributed by atoms with E-state index in [1.54, 1.807) is 31.3 Å². The molecule has 1 fully saturated rings. The molecule has 0 aliphatic carbocycles. The molecule has 1 aliphatic rings. The number of ether oxygens (including phenoxy) is 1. The minimum absolute atomic E-state index is 0.0167. The van der Waals surface area contributed by atoms with Gasteiger partial charge in [0.25, 0.3) is 5.91 Å². The van der Waals surface area contributed by atoms with Gasteiger partial charge < -0.3 is 15.0 Å². The molecular weight excluding hydrogens is 332 g/mol. The third kappa shape index (κ3) is 4.47. The number of nitrogens with one attached hydrogen (secondary N) is 1. The molecule has 1 atom stereocenters. The fourth-order valence-corrected chi connectivity index (χ4v) is 4.45. The van der Waals surface area contributed by atoms with Crippen LogP contribution >= 0.6 is 0 Å². The summed E-state index contributed by atoms with van der Waals surface area (Å²) in [6.07, 6.45) is 0.589. The van der Waals surface area contributed by atoms with Crippen LogP contribution in [0.4, 0.5) is 0 Å². The Morgan fingerprint density at radius 2 is 2.04 bits per heavy atom. The van der Waals surface area contributed by atoms with Crippen molar-refractivity contribution in [2.24, 2.45) is 0 Å². The van der Waals surface area contributed by atoms with Gasteiger partial charge in [-0.05, 0) is 18.6 Å². The minimum atomic E-state index is -3.03. The van der Waals surface area contributed by atoms with Crippen LogP contribution in [0.2, 0.25) is 0 Å². The molecule has 132 valence electrons. The largest absolute Gasteiger partial charge is 0.496 e. The van der Waals surface area contributed by atoms with Crippen LogP contribution in [0.3, 0.4) is 0 Å². The van der Waals surface area contributed by atoms with Gasteiger partial charge in [0.15, 0.2) is 9.84 Å². The van der Waals surface area contributed by atoms with Gasteiger partial charge in [-0.3, -0.25) is 9.59 Å². The lowest BCUT2D eigenvalue weighted by atomic mass is 10.2. The highest BCUT2D eigenvalue weighted by Crippen LogP contribution is 2.18. The zero-order valence-electron chi connectivity index (χ0n) is 13.8. The van der Waals surface area contributed by atoms with Gasteiger partial charge in [-0.15, -0.1) is 0 Å². The summed E-state index contributed by atoms with van der Waals surface area (Å²) in [4.78, 5) is 25.7. The lowest BCUT2D eigenvalue weighted by Crippen LogP contribution is -2.39. The second-order valence-electron chi connectivity index (χ2n) is 5.77. The number of carbonyl (C=O) groups is 2. The summed E-state index contributed by atoms with van der Waals surface area (Å²) in [6, 6.07) is 6.56. The molecule has 2 rings (SSSR count). The van der Waals surface area contributed by atoms with Crippen molar-refractivity contribution in [2.45, 2.75) is 18.9 Å². The van der Waals surface area contributed by atoms with Gasteiger partial charge in [-0.1, -0.05) is 12.1 Å². The number of hydrogen-bond acceptors (Lipinski definition) is 5. The van der Waals surface area contributed by atoms with Crippen molar-refractivity contribution in [1.82, 2.24) is 10.2 Å². The molecular formula is C16H22N2O5S. The van der Waals surface area contributed by atoms with Crippen LogP contribution in [-0.2, 0) is 14.6 Å². The van der Waals surface area contributed by atoms with Crippen molar-refractivity contribution < 1.29 is 22.7 Å². The molecule has 1 saturated heterocycles. The zero-order chi connectivity index (χ0) is 17.7. The molecule has 0 saturated carbocycles. The van der Waals surface area contributed by atoms with Crippen molar-refractivity contribution in [3.63, 3.8) is 0 Å². The Bertz CT molecular complexity index is 717. The van der Waals surface area contributed by atoms with Crippen LogP contribution in [0.15, 0.2) is 24.3 Å². The van der Waals surface area contributed by atoms with Gasteiger partial charge in [0.05, 0.1) is 24.2 Å². The molecule has 8 heteroatoms. The van der Waals surface area contributed by atoms with Gasteiger partial charge in [-0.25, -0.2) is 8.42 Å². The summed E-state index contributed by atoms with van der Waals surface area (Å²) in [5.41, 5.74) is 0.405. The topological polar surface area (TPSA) is 92.8 Å². The Morgan fingerprint density at radius 1 is 1.33 bits per heavy atom. The van der Waals surface area contributed by atoms with Gasteiger partial charge in [0.2, 0.25) is 5.91 Å². The standard InChI is InChI=1S/C16H22N2O5S/c1-18(12-8-10-24(21,22)11-12)15(19)7-9-17-16(20)13-5-3-4-6-14(13)23-2/h3-6,12H,7-11H2,1-2H3,(H,17,20). The second-order valence-corrected chi connectivity index (χ2v) is 8.00. The molecule has 0 bridgehead atoms. The number of sulfone groups is 1. The van der Waals surface area contributed by atoms with E-state index >= 15 is 0 Å². The van der Waals surface area contributed by atoms with Gasteiger partial charge in [0, 0.05) is 26.1 Å². The number of benzene rings is 1. The van der Waals surface area contributed by atoms with Gasteiger partial charge >= 0.3 is 0 Å². The van der Waals surface area contributed by atoms with Crippen LogP contribution in [0, 0.1) is 0 Å². The summed E-state index contributed by atoms with van der Waals surface area (Å²) in [5.74, 6) is 0.112. The summed E-state index contributed by atoms with van der Waals surface area (Å²) in [5, 5.41) is 2.68. The maximum absolute atomic E-state index is 12.1. The molecule has 0 aromatic heterocycles. The molecule has 1 N–H and O–H groups in total. The van der Waals surface area contributed by atoms with E-state index in [9.17, 15) is 18.0 Å². The third-order valence-electron chi connectivity index (χ3n) is 4.13. The van der Waals surface area contributed by atoms with E-state index in [-0.39, 0.29) is 42.3 Å². The SMILES string of the molecule is COc1ccccc1C(=O)NCCC(=O)N(C)C1CCS(=O)(=O)C1. The molecule has 2 amide bonds. The normalized spacial score (nSPS) is 18.8. The average molecular weight is 354 g/mol. The first-order valence-electron chi connectivity index (χ1n) is 7.71. The number of amides is 2. The monoisotopic (exact) mass is 354 g/mol. The molecule has 0 spiro atoms. The molecule has 1 unspecified atom stereocenters. The van der Waals surface area contributed by atoms with Crippen molar-refractivity contribution >= 4 is 21.7 Å². The fourth-order valence-electron chi connectivity index (χ4n) is 2.67. The predicted octanol–water partition coefficient (Wildman–Crippen LogP) is 0.461. The van der Waals surface area contributed by atoms with Crippen LogP contribution < -0.4 is 10.1 Å². The second kappa shape index (κ2) is 7.65. The van der Waals surface area contributed by atoms with Crippen molar-refractivity contribution in [3.05, 3.63) is 29.8 Å². The van der Waals surface area contributed by atoms with E-state index in [0.29, 0.717) is 17.7 Å². The highest BCUT2D eigenvalue weighted by molar-refractivity contribution is 7.91. The zero-order valence-corrected chi connectivity index (χ0v) is 14.6. The van der Waals surface area contributed by atoms with Gasteiger partial charge in [-0.2, -0.15) is 0 Å². The fraction of sp³-hybridized carbons (Fsp3) is 0.500. The Labute approximate surface area is 141 Å². The number of carbonyl (C=O) groups excluding carboxylic acids is 2. The van der Waals surface area contributed by atoms with Crippen LogP contribution in [0.1, 0.15) is 23.2 Å². The van der Waals surface area contributed by atoms with Crippen LogP contribution in [-0.4, -0.2) is 63.4 Å². The molecule has 0 radical (unpaired) electrons. The maximum Gasteiger partial charge on any atom is 0.255 e. The highest BCUT2D eigenvalue weighted by Gasteiger charge is 2.32. The number of para-hydroxylation sites is 1. The van der Waals surface area contributed by atoms with Crippen LogP contribution in [0.5, 0.6) is 5.75 Å². The van der Waals surface area contributed by atoms with E-state index in [2.05, 4.69) is 5.32 Å². The Kier molecular flexibility index (Phi) is 5.82. The number of methoxy groups -OCH3 is 1. The molecule has 1 heterocycles. The van der Waals surface area contributed by atoms with E-state index in [4.69, 9.17) is 4.74 Å². The first kappa shape index (κ1) is 18.3. The van der Waals surface area contributed by atoms with Crippen LogP contribution in [0.25, 0.3) is 0 Å². The lowest BCUT2D eigenvalue weighted by Gasteiger charge is -2.23. The van der Waals surface area contributed by atoms with Gasteiger partial charge in [0.1, 0.15) is 5.75 Å². The van der Waals surface area contributed by atoms with E-state index in [0.717, 1.165) is 0 Å². The predicted molar refractivity (Wildman–Crippen MR) is 89.8 cm³/mol. The maximum atomic E-state index is 12.1. The first-order chi connectivity index (χ1) is 11.3. The Morgan fingerprint density at radius 3 is 2.67 bits per heavy atom. The highest BCUT2D eigenvalue weighted by atomic mass is 32.2. The smallest absolute Gasteiger partial charge is 0.255 e. The number of hydrogen-bond donors (Lipinski definition) is 1. The molecule has 1 aliphatic heterocycles. The Hall–Kier alpha value is -2.09. The molecule has 24 heavy (non-hydrogen) atoms. The first-order valence-corrected chi connectivity index (χ1v) is 9.53. The average Bonchev–Trinajstić information content (AvgIpc) is 2.93. The lowest BCUT2D eigenvalue weighted by molar-refractivity contribution is -0.131. The quantitative estimate of drug-likeness (QED) is 0.801.